The fourth-order valence-corrected chi connectivity index (χ4v) is 5.39. The van der Waals surface area contributed by atoms with Gasteiger partial charge in [-0.1, -0.05) is 36.4 Å². The normalized spacial score (nSPS) is 22.3. The van der Waals surface area contributed by atoms with Gasteiger partial charge in [-0.2, -0.15) is 0 Å². The summed E-state index contributed by atoms with van der Waals surface area (Å²) in [6.45, 7) is 3.74. The van der Waals surface area contributed by atoms with E-state index in [9.17, 15) is 9.59 Å². The van der Waals surface area contributed by atoms with Crippen LogP contribution in [0, 0.1) is 11.8 Å². The minimum Gasteiger partial charge on any atom is -0.381 e. The number of carbonyl (C=O) groups is 2. The lowest BCUT2D eigenvalue weighted by Gasteiger charge is -2.19. The second kappa shape index (κ2) is 6.92. The molecule has 3 aromatic carbocycles. The Balaban J connectivity index is 1.40. The second-order valence-corrected chi connectivity index (χ2v) is 9.01. The third-order valence-electron chi connectivity index (χ3n) is 7.08. The van der Waals surface area contributed by atoms with Crippen LogP contribution in [-0.2, 0) is 11.3 Å². The molecule has 156 valence electrons. The van der Waals surface area contributed by atoms with Gasteiger partial charge in [-0.05, 0) is 45.7 Å². The van der Waals surface area contributed by atoms with Crippen LogP contribution in [0.3, 0.4) is 0 Å². The number of likely N-dealkylation sites (tertiary alicyclic amines) is 1. The van der Waals surface area contributed by atoms with Crippen molar-refractivity contribution >= 4 is 22.6 Å². The van der Waals surface area contributed by atoms with Crippen molar-refractivity contribution in [2.24, 2.45) is 11.8 Å². The van der Waals surface area contributed by atoms with E-state index in [1.165, 1.54) is 0 Å². The van der Waals surface area contributed by atoms with E-state index in [2.05, 4.69) is 18.2 Å². The summed E-state index contributed by atoms with van der Waals surface area (Å²) < 4.78 is 5.56. The fourth-order valence-electron chi connectivity index (χ4n) is 5.39. The molecule has 5 heteroatoms. The Hall–Kier alpha value is -3.18. The van der Waals surface area contributed by atoms with Gasteiger partial charge in [-0.15, -0.1) is 0 Å². The van der Waals surface area contributed by atoms with Gasteiger partial charge in [-0.3, -0.25) is 9.59 Å². The highest BCUT2D eigenvalue weighted by atomic mass is 16.5. The van der Waals surface area contributed by atoms with E-state index in [1.54, 1.807) is 4.90 Å². The van der Waals surface area contributed by atoms with E-state index in [4.69, 9.17) is 4.74 Å². The van der Waals surface area contributed by atoms with Gasteiger partial charge in [0, 0.05) is 49.6 Å². The van der Waals surface area contributed by atoms with E-state index < -0.39 is 0 Å². The van der Waals surface area contributed by atoms with E-state index in [1.807, 2.05) is 48.3 Å². The Bertz CT molecular complexity index is 1220. The number of carbonyl (C=O) groups excluding carboxylic acids is 2. The van der Waals surface area contributed by atoms with Crippen molar-refractivity contribution in [3.8, 4) is 11.1 Å². The van der Waals surface area contributed by atoms with Gasteiger partial charge < -0.3 is 14.5 Å². The molecule has 0 bridgehead atoms. The Morgan fingerprint density at radius 1 is 0.935 bits per heavy atom. The second-order valence-electron chi connectivity index (χ2n) is 9.01. The molecule has 31 heavy (non-hydrogen) atoms. The SMILES string of the molecule is CN1Cc2cc(-c3ccc(C(=O)N4C[C@H]5COC[C@H]5C4)c4ccccc34)ccc2C1=O. The van der Waals surface area contributed by atoms with Crippen LogP contribution in [0.5, 0.6) is 0 Å². The standard InChI is InChI=1S/C26H24N2O3/c1-27-11-17-10-16(6-7-21(17)25(27)29)20-8-9-24(23-5-3-2-4-22(20)23)26(30)28-12-18-14-31-15-19(18)13-28/h2-10,18-19H,11-15H2,1H3/t18-,19+. The first-order chi connectivity index (χ1) is 15.1. The molecule has 2 amide bonds. The molecule has 3 heterocycles. The highest BCUT2D eigenvalue weighted by molar-refractivity contribution is 6.11. The fraction of sp³-hybridized carbons (Fsp3) is 0.308. The van der Waals surface area contributed by atoms with Gasteiger partial charge in [-0.25, -0.2) is 0 Å². The van der Waals surface area contributed by atoms with Crippen LogP contribution in [-0.4, -0.2) is 55.0 Å². The Kier molecular flexibility index (Phi) is 4.15. The van der Waals surface area contributed by atoms with E-state index in [-0.39, 0.29) is 11.8 Å². The van der Waals surface area contributed by atoms with Gasteiger partial charge in [0.25, 0.3) is 11.8 Å². The molecule has 3 aliphatic rings. The lowest BCUT2D eigenvalue weighted by atomic mass is 9.93. The van der Waals surface area contributed by atoms with Crippen LogP contribution in [0.15, 0.2) is 54.6 Å². The van der Waals surface area contributed by atoms with E-state index in [0.29, 0.717) is 18.4 Å². The molecular weight excluding hydrogens is 388 g/mol. The molecule has 3 aromatic rings. The first-order valence-electron chi connectivity index (χ1n) is 10.9. The van der Waals surface area contributed by atoms with Crippen molar-refractivity contribution < 1.29 is 14.3 Å². The number of ether oxygens (including phenoxy) is 1. The molecule has 0 spiro atoms. The number of rotatable bonds is 2. The smallest absolute Gasteiger partial charge is 0.254 e. The molecule has 2 atom stereocenters. The minimum atomic E-state index is 0.0770. The van der Waals surface area contributed by atoms with Crippen LogP contribution < -0.4 is 0 Å². The number of fused-ring (bicyclic) bond motifs is 3. The monoisotopic (exact) mass is 412 g/mol. The zero-order valence-corrected chi connectivity index (χ0v) is 17.5. The van der Waals surface area contributed by atoms with E-state index in [0.717, 1.165) is 64.9 Å². The number of nitrogens with zero attached hydrogens (tertiary/aromatic N) is 2. The summed E-state index contributed by atoms with van der Waals surface area (Å²) in [6.07, 6.45) is 0. The lowest BCUT2D eigenvalue weighted by molar-refractivity contribution is 0.0752. The Morgan fingerprint density at radius 2 is 1.65 bits per heavy atom. The first kappa shape index (κ1) is 18.6. The largest absolute Gasteiger partial charge is 0.381 e. The number of hydrogen-bond acceptors (Lipinski definition) is 3. The average Bonchev–Trinajstić information content (AvgIpc) is 3.46. The summed E-state index contributed by atoms with van der Waals surface area (Å²) >= 11 is 0. The zero-order valence-electron chi connectivity index (χ0n) is 17.5. The summed E-state index contributed by atoms with van der Waals surface area (Å²) in [6, 6.07) is 18.2. The van der Waals surface area contributed by atoms with Gasteiger partial charge in [0.2, 0.25) is 0 Å². The van der Waals surface area contributed by atoms with Crippen LogP contribution >= 0.6 is 0 Å². The molecule has 0 aromatic heterocycles. The molecular formula is C26H24N2O3. The van der Waals surface area contributed by atoms with Crippen molar-refractivity contribution in [1.29, 1.82) is 0 Å². The van der Waals surface area contributed by atoms with Crippen LogP contribution in [0.2, 0.25) is 0 Å². The molecule has 0 aliphatic carbocycles. The quantitative estimate of drug-likeness (QED) is 0.643. The molecule has 0 radical (unpaired) electrons. The molecule has 0 saturated carbocycles. The van der Waals surface area contributed by atoms with Gasteiger partial charge in [0.05, 0.1) is 13.2 Å². The van der Waals surface area contributed by atoms with Crippen molar-refractivity contribution in [1.82, 2.24) is 9.80 Å². The summed E-state index contributed by atoms with van der Waals surface area (Å²) in [7, 11) is 1.83. The summed E-state index contributed by atoms with van der Waals surface area (Å²) in [5.74, 6) is 1.13. The lowest BCUT2D eigenvalue weighted by Crippen LogP contribution is -2.30. The number of benzene rings is 3. The average molecular weight is 412 g/mol. The summed E-state index contributed by atoms with van der Waals surface area (Å²) in [5.41, 5.74) is 4.76. The predicted molar refractivity (Wildman–Crippen MR) is 119 cm³/mol. The topological polar surface area (TPSA) is 49.9 Å². The zero-order chi connectivity index (χ0) is 21.1. The van der Waals surface area contributed by atoms with Gasteiger partial charge >= 0.3 is 0 Å². The highest BCUT2D eigenvalue weighted by Gasteiger charge is 2.39. The Morgan fingerprint density at radius 3 is 2.42 bits per heavy atom. The molecule has 0 unspecified atom stereocenters. The molecule has 2 fully saturated rings. The molecule has 3 aliphatic heterocycles. The van der Waals surface area contributed by atoms with E-state index >= 15 is 0 Å². The maximum atomic E-state index is 13.4. The van der Waals surface area contributed by atoms with Crippen LogP contribution in [0.1, 0.15) is 26.3 Å². The molecule has 6 rings (SSSR count). The molecule has 2 saturated heterocycles. The van der Waals surface area contributed by atoms with Gasteiger partial charge in [0.1, 0.15) is 0 Å². The van der Waals surface area contributed by atoms with Gasteiger partial charge in [0.15, 0.2) is 0 Å². The van der Waals surface area contributed by atoms with Crippen molar-refractivity contribution in [3.63, 3.8) is 0 Å². The number of hydrogen-bond donors (Lipinski definition) is 0. The predicted octanol–water partition coefficient (Wildman–Crippen LogP) is 3.81. The maximum Gasteiger partial charge on any atom is 0.254 e. The summed E-state index contributed by atoms with van der Waals surface area (Å²) in [4.78, 5) is 29.4. The highest BCUT2D eigenvalue weighted by Crippen LogP contribution is 2.35. The third-order valence-corrected chi connectivity index (χ3v) is 7.08. The van der Waals surface area contributed by atoms with Crippen LogP contribution in [0.4, 0.5) is 0 Å². The molecule has 0 N–H and O–H groups in total. The van der Waals surface area contributed by atoms with Crippen LogP contribution in [0.25, 0.3) is 21.9 Å². The number of amides is 2. The maximum absolute atomic E-state index is 13.4. The minimum absolute atomic E-state index is 0.0770. The van der Waals surface area contributed by atoms with Crippen molar-refractivity contribution in [3.05, 3.63) is 71.3 Å². The van der Waals surface area contributed by atoms with Crippen molar-refractivity contribution in [2.45, 2.75) is 6.54 Å². The summed E-state index contributed by atoms with van der Waals surface area (Å²) in [5, 5.41) is 2.04. The van der Waals surface area contributed by atoms with Crippen molar-refractivity contribution in [2.75, 3.05) is 33.4 Å². The third kappa shape index (κ3) is 2.87. The first-order valence-corrected chi connectivity index (χ1v) is 10.9. The Labute approximate surface area is 181 Å². The molecule has 5 nitrogen and oxygen atoms in total.